The monoisotopic (exact) mass is 365 g/mol. The smallest absolute Gasteiger partial charge is 0.340 e. The van der Waals surface area contributed by atoms with Crippen molar-refractivity contribution in [1.82, 2.24) is 0 Å². The van der Waals surface area contributed by atoms with E-state index in [2.05, 4.69) is 5.32 Å². The molecule has 2 aromatic rings. The number of halogens is 2. The van der Waals surface area contributed by atoms with Crippen LogP contribution in [0.4, 0.5) is 5.69 Å². The summed E-state index contributed by atoms with van der Waals surface area (Å²) in [6.45, 7) is 0.875. The third-order valence-electron chi connectivity index (χ3n) is 3.09. The summed E-state index contributed by atoms with van der Waals surface area (Å²) in [5.41, 5.74) is 0.794. The van der Waals surface area contributed by atoms with E-state index in [1.54, 1.807) is 30.3 Å². The molecule has 0 bridgehead atoms. The second-order valence-electron chi connectivity index (χ2n) is 4.83. The molecule has 0 saturated carbocycles. The van der Waals surface area contributed by atoms with E-state index >= 15 is 0 Å². The van der Waals surface area contributed by atoms with E-state index in [1.165, 1.54) is 19.1 Å². The highest BCUT2D eigenvalue weighted by atomic mass is 35.5. The highest BCUT2D eigenvalue weighted by molar-refractivity contribution is 6.43. The van der Waals surface area contributed by atoms with Gasteiger partial charge in [-0.1, -0.05) is 41.4 Å². The molecule has 0 spiro atoms. The molecule has 124 valence electrons. The van der Waals surface area contributed by atoms with Gasteiger partial charge in [0.15, 0.2) is 12.4 Å². The molecule has 0 aliphatic heterocycles. The van der Waals surface area contributed by atoms with Crippen LogP contribution >= 0.6 is 23.2 Å². The normalized spacial score (nSPS) is 10.1. The Balaban J connectivity index is 2.00. The third kappa shape index (κ3) is 4.34. The average Bonchev–Trinajstić information content (AvgIpc) is 2.55. The van der Waals surface area contributed by atoms with E-state index < -0.39 is 18.5 Å². The van der Waals surface area contributed by atoms with Gasteiger partial charge >= 0.3 is 5.97 Å². The van der Waals surface area contributed by atoms with Gasteiger partial charge in [0, 0.05) is 5.56 Å². The first-order chi connectivity index (χ1) is 11.4. The highest BCUT2D eigenvalue weighted by Crippen LogP contribution is 2.26. The Morgan fingerprint density at radius 1 is 1.00 bits per heavy atom. The van der Waals surface area contributed by atoms with Crippen molar-refractivity contribution < 1.29 is 19.1 Å². The lowest BCUT2D eigenvalue weighted by Gasteiger charge is -2.10. The summed E-state index contributed by atoms with van der Waals surface area (Å²) in [5.74, 6) is -1.53. The third-order valence-corrected chi connectivity index (χ3v) is 3.91. The van der Waals surface area contributed by atoms with Crippen molar-refractivity contribution in [3.8, 4) is 0 Å². The maximum atomic E-state index is 12.0. The minimum Gasteiger partial charge on any atom is -0.452 e. The van der Waals surface area contributed by atoms with Crippen molar-refractivity contribution in [2.24, 2.45) is 0 Å². The molecule has 24 heavy (non-hydrogen) atoms. The first kappa shape index (κ1) is 18.0. The van der Waals surface area contributed by atoms with Gasteiger partial charge < -0.3 is 10.1 Å². The molecule has 0 atom stereocenters. The Morgan fingerprint density at radius 2 is 1.67 bits per heavy atom. The van der Waals surface area contributed by atoms with Crippen LogP contribution in [0.15, 0.2) is 42.5 Å². The number of amides is 1. The van der Waals surface area contributed by atoms with Gasteiger partial charge in [0.2, 0.25) is 0 Å². The van der Waals surface area contributed by atoms with E-state index in [0.717, 1.165) is 0 Å². The summed E-state index contributed by atoms with van der Waals surface area (Å²) in [6, 6.07) is 11.1. The average molecular weight is 366 g/mol. The van der Waals surface area contributed by atoms with Gasteiger partial charge in [-0.25, -0.2) is 4.79 Å². The van der Waals surface area contributed by atoms with Crippen molar-refractivity contribution in [3.05, 3.63) is 63.6 Å². The molecule has 1 N–H and O–H groups in total. The van der Waals surface area contributed by atoms with Crippen LogP contribution < -0.4 is 5.32 Å². The zero-order valence-electron chi connectivity index (χ0n) is 12.6. The number of anilines is 1. The van der Waals surface area contributed by atoms with Crippen LogP contribution in [0.5, 0.6) is 0 Å². The largest absolute Gasteiger partial charge is 0.452 e. The second-order valence-corrected chi connectivity index (χ2v) is 5.61. The number of hydrogen-bond acceptors (Lipinski definition) is 4. The van der Waals surface area contributed by atoms with E-state index in [1.807, 2.05) is 0 Å². The number of rotatable bonds is 5. The zero-order chi connectivity index (χ0) is 17.7. The topological polar surface area (TPSA) is 72.5 Å². The fraction of sp³-hybridized carbons (Fsp3) is 0.118. The molecule has 0 heterocycles. The second kappa shape index (κ2) is 7.95. The first-order valence-corrected chi connectivity index (χ1v) is 7.66. The molecule has 5 nitrogen and oxygen atoms in total. The predicted molar refractivity (Wildman–Crippen MR) is 91.8 cm³/mol. The Hall–Kier alpha value is -2.37. The number of Topliss-reactive ketones (excluding diaryl/α,β-unsaturated/α-hetero) is 1. The Morgan fingerprint density at radius 3 is 2.38 bits per heavy atom. The Bertz CT molecular complexity index is 805. The molecule has 0 fully saturated rings. The van der Waals surface area contributed by atoms with Crippen molar-refractivity contribution in [2.75, 3.05) is 11.9 Å². The Kier molecular flexibility index (Phi) is 5.95. The summed E-state index contributed by atoms with van der Waals surface area (Å²) in [4.78, 5) is 35.4. The number of benzene rings is 2. The highest BCUT2D eigenvalue weighted by Gasteiger charge is 2.16. The molecule has 0 aliphatic rings. The summed E-state index contributed by atoms with van der Waals surface area (Å²) >= 11 is 11.7. The number of ether oxygens (including phenoxy) is 1. The maximum absolute atomic E-state index is 12.0. The van der Waals surface area contributed by atoms with Crippen molar-refractivity contribution in [2.45, 2.75) is 6.92 Å². The molecular weight excluding hydrogens is 353 g/mol. The molecular formula is C17H13Cl2NO4. The lowest BCUT2D eigenvalue weighted by atomic mass is 10.1. The number of nitrogens with one attached hydrogen (secondary N) is 1. The van der Waals surface area contributed by atoms with Gasteiger partial charge in [-0.2, -0.15) is 0 Å². The lowest BCUT2D eigenvalue weighted by Crippen LogP contribution is -2.22. The quantitative estimate of drug-likeness (QED) is 0.642. The lowest BCUT2D eigenvalue weighted by molar-refractivity contribution is -0.119. The van der Waals surface area contributed by atoms with E-state index in [9.17, 15) is 14.4 Å². The summed E-state index contributed by atoms with van der Waals surface area (Å²) in [7, 11) is 0. The Labute approximate surface area is 148 Å². The maximum Gasteiger partial charge on any atom is 0.340 e. The van der Waals surface area contributed by atoms with Gasteiger partial charge in [0.25, 0.3) is 5.91 Å². The fourth-order valence-corrected chi connectivity index (χ4v) is 2.33. The molecule has 0 unspecified atom stereocenters. The number of carbonyl (C=O) groups excluding carboxylic acids is 3. The molecule has 0 radical (unpaired) electrons. The van der Waals surface area contributed by atoms with Gasteiger partial charge in [0.1, 0.15) is 0 Å². The van der Waals surface area contributed by atoms with Crippen molar-refractivity contribution in [3.63, 3.8) is 0 Å². The number of ketones is 1. The number of carbonyl (C=O) groups is 3. The van der Waals surface area contributed by atoms with E-state index in [4.69, 9.17) is 27.9 Å². The number of esters is 1. The van der Waals surface area contributed by atoms with Gasteiger partial charge in [-0.05, 0) is 31.2 Å². The predicted octanol–water partition coefficient (Wildman–Crippen LogP) is 3.99. The molecule has 0 aromatic heterocycles. The van der Waals surface area contributed by atoms with Crippen molar-refractivity contribution in [1.29, 1.82) is 0 Å². The van der Waals surface area contributed by atoms with Crippen LogP contribution in [0.3, 0.4) is 0 Å². The van der Waals surface area contributed by atoms with Crippen molar-refractivity contribution >= 4 is 46.5 Å². The molecule has 0 aliphatic carbocycles. The van der Waals surface area contributed by atoms with Crippen LogP contribution in [0.25, 0.3) is 0 Å². The molecule has 7 heteroatoms. The molecule has 1 amide bonds. The minimum atomic E-state index is -0.766. The number of para-hydroxylation sites is 1. The summed E-state index contributed by atoms with van der Waals surface area (Å²) < 4.78 is 4.92. The standard InChI is InChI=1S/C17H13Cl2NO4/c1-10(21)11-5-2-3-8-14(11)20-15(22)9-24-17(23)12-6-4-7-13(18)16(12)19/h2-8H,9H2,1H3,(H,20,22). The summed E-state index contributed by atoms with van der Waals surface area (Å²) in [6.07, 6.45) is 0. The number of hydrogen-bond donors (Lipinski definition) is 1. The zero-order valence-corrected chi connectivity index (χ0v) is 14.1. The minimum absolute atomic E-state index is 0.0616. The van der Waals surface area contributed by atoms with Crippen LogP contribution in [-0.2, 0) is 9.53 Å². The van der Waals surface area contributed by atoms with Gasteiger partial charge in [0.05, 0.1) is 21.3 Å². The van der Waals surface area contributed by atoms with E-state index in [0.29, 0.717) is 11.3 Å². The summed E-state index contributed by atoms with van der Waals surface area (Å²) in [5, 5.41) is 2.80. The van der Waals surface area contributed by atoms with Gasteiger partial charge in [-0.15, -0.1) is 0 Å². The van der Waals surface area contributed by atoms with Crippen LogP contribution in [0, 0.1) is 0 Å². The SMILES string of the molecule is CC(=O)c1ccccc1NC(=O)COC(=O)c1cccc(Cl)c1Cl. The van der Waals surface area contributed by atoms with Crippen LogP contribution in [0.1, 0.15) is 27.6 Å². The van der Waals surface area contributed by atoms with Crippen LogP contribution in [-0.4, -0.2) is 24.3 Å². The fourth-order valence-electron chi connectivity index (χ4n) is 1.96. The van der Waals surface area contributed by atoms with Crippen LogP contribution in [0.2, 0.25) is 10.0 Å². The van der Waals surface area contributed by atoms with Gasteiger partial charge in [-0.3, -0.25) is 9.59 Å². The molecule has 2 aromatic carbocycles. The van der Waals surface area contributed by atoms with E-state index in [-0.39, 0.29) is 21.4 Å². The molecule has 0 saturated heterocycles. The molecule has 2 rings (SSSR count). The first-order valence-electron chi connectivity index (χ1n) is 6.91.